The van der Waals surface area contributed by atoms with Gasteiger partial charge in [-0.05, 0) is 49.8 Å². The summed E-state index contributed by atoms with van der Waals surface area (Å²) in [6, 6.07) is 0. The van der Waals surface area contributed by atoms with Crippen LogP contribution in [0, 0.1) is 5.92 Å². The standard InChI is InChI=1S/C11H25NS/c1-4-13-10-6-9-12-8-5-7-11(2)3/h11-12H,4-10H2,1-3H3. The zero-order valence-corrected chi connectivity index (χ0v) is 10.3. The predicted octanol–water partition coefficient (Wildman–Crippen LogP) is 3.16. The van der Waals surface area contributed by atoms with Crippen LogP contribution in [0.5, 0.6) is 0 Å². The molecule has 0 aromatic carbocycles. The molecule has 0 unspecified atom stereocenters. The molecule has 0 heterocycles. The summed E-state index contributed by atoms with van der Waals surface area (Å²) in [5, 5.41) is 3.49. The van der Waals surface area contributed by atoms with Crippen molar-refractivity contribution in [3.8, 4) is 0 Å². The molecule has 0 aliphatic heterocycles. The average molecular weight is 203 g/mol. The second kappa shape index (κ2) is 10.4. The van der Waals surface area contributed by atoms with Gasteiger partial charge in [-0.1, -0.05) is 20.8 Å². The summed E-state index contributed by atoms with van der Waals surface area (Å²) in [4.78, 5) is 0. The van der Waals surface area contributed by atoms with Crippen LogP contribution in [-0.2, 0) is 0 Å². The number of nitrogens with one attached hydrogen (secondary N) is 1. The van der Waals surface area contributed by atoms with Gasteiger partial charge in [-0.3, -0.25) is 0 Å². The molecular weight excluding hydrogens is 178 g/mol. The molecule has 0 spiro atoms. The minimum Gasteiger partial charge on any atom is -0.317 e. The molecule has 0 aromatic heterocycles. The van der Waals surface area contributed by atoms with E-state index < -0.39 is 0 Å². The van der Waals surface area contributed by atoms with E-state index in [0.29, 0.717) is 0 Å². The summed E-state index contributed by atoms with van der Waals surface area (Å²) in [6.45, 7) is 9.20. The monoisotopic (exact) mass is 203 g/mol. The van der Waals surface area contributed by atoms with Crippen molar-refractivity contribution >= 4 is 11.8 Å². The predicted molar refractivity (Wildman–Crippen MR) is 64.6 cm³/mol. The van der Waals surface area contributed by atoms with E-state index in [1.54, 1.807) is 0 Å². The van der Waals surface area contributed by atoms with Crippen molar-refractivity contribution in [1.29, 1.82) is 0 Å². The van der Waals surface area contributed by atoms with E-state index in [0.717, 1.165) is 5.92 Å². The van der Waals surface area contributed by atoms with Crippen molar-refractivity contribution in [2.45, 2.75) is 40.0 Å². The average Bonchev–Trinajstić information content (AvgIpc) is 2.09. The normalized spacial score (nSPS) is 11.1. The van der Waals surface area contributed by atoms with E-state index in [-0.39, 0.29) is 0 Å². The molecule has 80 valence electrons. The van der Waals surface area contributed by atoms with Gasteiger partial charge in [-0.25, -0.2) is 0 Å². The molecule has 0 rings (SSSR count). The first-order valence-corrected chi connectivity index (χ1v) is 6.71. The highest BCUT2D eigenvalue weighted by Gasteiger charge is 1.93. The van der Waals surface area contributed by atoms with Crippen LogP contribution in [0.15, 0.2) is 0 Å². The van der Waals surface area contributed by atoms with E-state index >= 15 is 0 Å². The van der Waals surface area contributed by atoms with E-state index in [1.807, 2.05) is 11.8 Å². The molecule has 0 aromatic rings. The molecule has 0 radical (unpaired) electrons. The summed E-state index contributed by atoms with van der Waals surface area (Å²) >= 11 is 2.04. The highest BCUT2D eigenvalue weighted by Crippen LogP contribution is 2.02. The Bertz CT molecular complexity index is 94.1. The lowest BCUT2D eigenvalue weighted by atomic mass is 10.1. The second-order valence-electron chi connectivity index (χ2n) is 3.84. The van der Waals surface area contributed by atoms with Crippen molar-refractivity contribution in [2.75, 3.05) is 24.6 Å². The molecule has 1 N–H and O–H groups in total. The summed E-state index contributed by atoms with van der Waals surface area (Å²) in [6.07, 6.45) is 4.01. The first-order valence-electron chi connectivity index (χ1n) is 5.55. The number of hydrogen-bond donors (Lipinski definition) is 1. The lowest BCUT2D eigenvalue weighted by Crippen LogP contribution is -2.17. The SMILES string of the molecule is CCSCCCNCCCC(C)C. The largest absolute Gasteiger partial charge is 0.317 e. The van der Waals surface area contributed by atoms with Crippen LogP contribution >= 0.6 is 11.8 Å². The van der Waals surface area contributed by atoms with Gasteiger partial charge in [-0.15, -0.1) is 0 Å². The highest BCUT2D eigenvalue weighted by molar-refractivity contribution is 7.99. The Morgan fingerprint density at radius 2 is 1.85 bits per heavy atom. The Morgan fingerprint density at radius 1 is 1.15 bits per heavy atom. The number of hydrogen-bond acceptors (Lipinski definition) is 2. The zero-order valence-electron chi connectivity index (χ0n) is 9.44. The van der Waals surface area contributed by atoms with Crippen molar-refractivity contribution < 1.29 is 0 Å². The lowest BCUT2D eigenvalue weighted by Gasteiger charge is -2.05. The fourth-order valence-electron chi connectivity index (χ4n) is 1.20. The topological polar surface area (TPSA) is 12.0 Å². The van der Waals surface area contributed by atoms with Gasteiger partial charge in [0.2, 0.25) is 0 Å². The fourth-order valence-corrected chi connectivity index (χ4v) is 1.84. The third-order valence-corrected chi connectivity index (χ3v) is 2.97. The van der Waals surface area contributed by atoms with Gasteiger partial charge in [0.05, 0.1) is 0 Å². The molecule has 0 aliphatic rings. The van der Waals surface area contributed by atoms with Crippen molar-refractivity contribution in [3.63, 3.8) is 0 Å². The molecule has 2 heteroatoms. The van der Waals surface area contributed by atoms with Crippen LogP contribution in [0.1, 0.15) is 40.0 Å². The molecule has 1 nitrogen and oxygen atoms in total. The number of rotatable bonds is 9. The maximum Gasteiger partial charge on any atom is -0.00411 e. The third-order valence-electron chi connectivity index (χ3n) is 1.98. The van der Waals surface area contributed by atoms with Crippen LogP contribution in [-0.4, -0.2) is 24.6 Å². The Morgan fingerprint density at radius 3 is 2.46 bits per heavy atom. The fraction of sp³-hybridized carbons (Fsp3) is 1.00. The first-order chi connectivity index (χ1) is 6.27. The number of thioether (sulfide) groups is 1. The summed E-state index contributed by atoms with van der Waals surface area (Å²) in [7, 11) is 0. The van der Waals surface area contributed by atoms with Crippen LogP contribution in [0.3, 0.4) is 0 Å². The molecule has 0 bridgehead atoms. The van der Waals surface area contributed by atoms with Gasteiger partial charge in [0.15, 0.2) is 0 Å². The smallest absolute Gasteiger partial charge is 0.00411 e. The van der Waals surface area contributed by atoms with Gasteiger partial charge in [-0.2, -0.15) is 11.8 Å². The molecule has 0 atom stereocenters. The molecule has 13 heavy (non-hydrogen) atoms. The van der Waals surface area contributed by atoms with Crippen LogP contribution < -0.4 is 5.32 Å². The Kier molecular flexibility index (Phi) is 10.6. The molecule has 0 saturated carbocycles. The van der Waals surface area contributed by atoms with Crippen molar-refractivity contribution in [3.05, 3.63) is 0 Å². The van der Waals surface area contributed by atoms with Gasteiger partial charge in [0, 0.05) is 0 Å². The summed E-state index contributed by atoms with van der Waals surface area (Å²) in [5.74, 6) is 3.43. The minimum absolute atomic E-state index is 0.859. The zero-order chi connectivity index (χ0) is 9.94. The molecule has 0 aliphatic carbocycles. The Hall–Kier alpha value is 0.310. The summed E-state index contributed by atoms with van der Waals surface area (Å²) < 4.78 is 0. The van der Waals surface area contributed by atoms with E-state index in [2.05, 4.69) is 26.1 Å². The Labute approximate surface area is 88.1 Å². The maximum atomic E-state index is 3.49. The van der Waals surface area contributed by atoms with E-state index in [4.69, 9.17) is 0 Å². The maximum absolute atomic E-state index is 3.49. The van der Waals surface area contributed by atoms with E-state index in [1.165, 1.54) is 43.9 Å². The van der Waals surface area contributed by atoms with Gasteiger partial charge < -0.3 is 5.32 Å². The van der Waals surface area contributed by atoms with Gasteiger partial charge in [0.25, 0.3) is 0 Å². The quantitative estimate of drug-likeness (QED) is 0.578. The van der Waals surface area contributed by atoms with Gasteiger partial charge >= 0.3 is 0 Å². The van der Waals surface area contributed by atoms with Crippen LogP contribution in [0.25, 0.3) is 0 Å². The van der Waals surface area contributed by atoms with Crippen molar-refractivity contribution in [1.82, 2.24) is 5.32 Å². The minimum atomic E-state index is 0.859. The lowest BCUT2D eigenvalue weighted by molar-refractivity contribution is 0.527. The third kappa shape index (κ3) is 12.3. The van der Waals surface area contributed by atoms with Gasteiger partial charge in [0.1, 0.15) is 0 Å². The molecule has 0 fully saturated rings. The second-order valence-corrected chi connectivity index (χ2v) is 5.23. The molecule has 0 amide bonds. The first kappa shape index (κ1) is 13.3. The van der Waals surface area contributed by atoms with Crippen LogP contribution in [0.2, 0.25) is 0 Å². The Balaban J connectivity index is 2.84. The molecular formula is C11H25NS. The van der Waals surface area contributed by atoms with Crippen LogP contribution in [0.4, 0.5) is 0 Å². The molecule has 0 saturated heterocycles. The van der Waals surface area contributed by atoms with Crippen molar-refractivity contribution in [2.24, 2.45) is 5.92 Å². The van der Waals surface area contributed by atoms with E-state index in [9.17, 15) is 0 Å². The summed E-state index contributed by atoms with van der Waals surface area (Å²) in [5.41, 5.74) is 0. The highest BCUT2D eigenvalue weighted by atomic mass is 32.2.